The number of carboxylic acid groups (broad SMARTS) is 1. The van der Waals surface area contributed by atoms with Gasteiger partial charge >= 0.3 is 5.97 Å². The number of hydrogen-bond acceptors (Lipinski definition) is 4. The Bertz CT molecular complexity index is 825. The number of halogens is 1. The van der Waals surface area contributed by atoms with Crippen molar-refractivity contribution in [3.05, 3.63) is 39.9 Å². The third-order valence-electron chi connectivity index (χ3n) is 4.17. The lowest BCUT2D eigenvalue weighted by Crippen LogP contribution is -2.43. The summed E-state index contributed by atoms with van der Waals surface area (Å²) in [7, 11) is 0. The predicted molar refractivity (Wildman–Crippen MR) is 85.9 cm³/mol. The van der Waals surface area contributed by atoms with Crippen molar-refractivity contribution in [3.8, 4) is 0 Å². The fraction of sp³-hybridized carbons (Fsp3) is 0.375. The standard InChI is InChI=1S/C16H18FN3O3/c1-2-20-12-8-13(19-5-3-18-4-6-19)11(17)7-10(12)15(21)9-14(20)16(22)23/h7-9,18H,2-6H2,1H3,(H,22,23). The Labute approximate surface area is 132 Å². The molecule has 0 atom stereocenters. The summed E-state index contributed by atoms with van der Waals surface area (Å²) in [5.41, 5.74) is 0.297. The van der Waals surface area contributed by atoms with Crippen LogP contribution in [0.2, 0.25) is 0 Å². The molecule has 0 bridgehead atoms. The minimum atomic E-state index is -1.17. The van der Waals surface area contributed by atoms with E-state index in [1.807, 2.05) is 4.90 Å². The first-order chi connectivity index (χ1) is 11.0. The van der Waals surface area contributed by atoms with Gasteiger partial charge in [0.1, 0.15) is 11.5 Å². The first-order valence-electron chi connectivity index (χ1n) is 7.59. The number of nitrogens with one attached hydrogen (secondary N) is 1. The van der Waals surface area contributed by atoms with E-state index in [0.717, 1.165) is 19.2 Å². The molecule has 6 nitrogen and oxygen atoms in total. The number of anilines is 1. The maximum atomic E-state index is 14.5. The highest BCUT2D eigenvalue weighted by molar-refractivity contribution is 5.91. The Kier molecular flexibility index (Phi) is 4.04. The Balaban J connectivity index is 2.27. The minimum Gasteiger partial charge on any atom is -0.477 e. The summed E-state index contributed by atoms with van der Waals surface area (Å²) in [4.78, 5) is 25.4. The van der Waals surface area contributed by atoms with Crippen LogP contribution in [-0.2, 0) is 6.54 Å². The lowest BCUT2D eigenvalue weighted by atomic mass is 10.1. The molecule has 7 heteroatoms. The molecule has 0 unspecified atom stereocenters. The molecule has 1 aromatic heterocycles. The largest absolute Gasteiger partial charge is 0.477 e. The van der Waals surface area contributed by atoms with E-state index in [1.54, 1.807) is 13.0 Å². The summed E-state index contributed by atoms with van der Waals surface area (Å²) in [6.45, 7) is 5.02. The third-order valence-corrected chi connectivity index (χ3v) is 4.17. The molecule has 0 radical (unpaired) electrons. The Morgan fingerprint density at radius 1 is 1.30 bits per heavy atom. The van der Waals surface area contributed by atoms with Gasteiger partial charge in [-0.1, -0.05) is 0 Å². The van der Waals surface area contributed by atoms with Crippen molar-refractivity contribution in [2.75, 3.05) is 31.1 Å². The van der Waals surface area contributed by atoms with E-state index in [2.05, 4.69) is 5.32 Å². The highest BCUT2D eigenvalue weighted by atomic mass is 19.1. The molecule has 122 valence electrons. The van der Waals surface area contributed by atoms with E-state index in [4.69, 9.17) is 0 Å². The molecule has 3 rings (SSSR count). The molecule has 0 saturated carbocycles. The van der Waals surface area contributed by atoms with Gasteiger partial charge in [0.2, 0.25) is 0 Å². The van der Waals surface area contributed by atoms with Gasteiger partial charge in [0.15, 0.2) is 5.43 Å². The van der Waals surface area contributed by atoms with Gasteiger partial charge in [-0.3, -0.25) is 4.79 Å². The van der Waals surface area contributed by atoms with Gasteiger partial charge in [0, 0.05) is 44.2 Å². The highest BCUT2D eigenvalue weighted by Crippen LogP contribution is 2.26. The number of pyridine rings is 1. The van der Waals surface area contributed by atoms with Crippen LogP contribution in [0.25, 0.3) is 10.9 Å². The third kappa shape index (κ3) is 2.68. The number of nitrogens with zero attached hydrogens (tertiary/aromatic N) is 2. The zero-order valence-corrected chi connectivity index (χ0v) is 12.8. The second-order valence-corrected chi connectivity index (χ2v) is 5.50. The topological polar surface area (TPSA) is 74.6 Å². The molecule has 1 aliphatic rings. The van der Waals surface area contributed by atoms with Gasteiger partial charge < -0.3 is 19.9 Å². The average Bonchev–Trinajstić information content (AvgIpc) is 2.55. The zero-order valence-electron chi connectivity index (χ0n) is 12.8. The molecule has 1 fully saturated rings. The quantitative estimate of drug-likeness (QED) is 0.891. The molecule has 0 aliphatic carbocycles. The molecular weight excluding hydrogens is 301 g/mol. The predicted octanol–water partition coefficient (Wildman–Crippen LogP) is 1.27. The number of carboxylic acids is 1. The van der Waals surface area contributed by atoms with Crippen molar-refractivity contribution in [1.82, 2.24) is 9.88 Å². The van der Waals surface area contributed by atoms with Crippen molar-refractivity contribution in [2.24, 2.45) is 0 Å². The van der Waals surface area contributed by atoms with Crippen LogP contribution in [0.4, 0.5) is 10.1 Å². The van der Waals surface area contributed by atoms with Gasteiger partial charge in [-0.05, 0) is 19.1 Å². The summed E-state index contributed by atoms with van der Waals surface area (Å²) in [5.74, 6) is -1.62. The number of aryl methyl sites for hydroxylation is 1. The van der Waals surface area contributed by atoms with Gasteiger partial charge in [-0.2, -0.15) is 0 Å². The fourth-order valence-corrected chi connectivity index (χ4v) is 3.05. The van der Waals surface area contributed by atoms with Gasteiger partial charge in [0.05, 0.1) is 11.2 Å². The summed E-state index contributed by atoms with van der Waals surface area (Å²) in [5, 5.41) is 12.7. The monoisotopic (exact) mass is 319 g/mol. The average molecular weight is 319 g/mol. The number of fused-ring (bicyclic) bond motifs is 1. The molecule has 0 amide bonds. The van der Waals surface area contributed by atoms with Crippen LogP contribution in [0.1, 0.15) is 17.4 Å². The summed E-state index contributed by atoms with van der Waals surface area (Å²) in [6.07, 6.45) is 0. The molecule has 2 aromatic rings. The Morgan fingerprint density at radius 2 is 2.00 bits per heavy atom. The normalized spacial score (nSPS) is 15.1. The molecule has 0 spiro atoms. The van der Waals surface area contributed by atoms with Crippen molar-refractivity contribution in [3.63, 3.8) is 0 Å². The van der Waals surface area contributed by atoms with Crippen LogP contribution < -0.4 is 15.6 Å². The molecule has 1 aliphatic heterocycles. The van der Waals surface area contributed by atoms with Crippen LogP contribution in [0, 0.1) is 5.82 Å². The van der Waals surface area contributed by atoms with Crippen LogP contribution >= 0.6 is 0 Å². The molecule has 1 aromatic carbocycles. The van der Waals surface area contributed by atoms with E-state index >= 15 is 0 Å². The van der Waals surface area contributed by atoms with Crippen LogP contribution in [0.3, 0.4) is 0 Å². The van der Waals surface area contributed by atoms with Gasteiger partial charge in [-0.15, -0.1) is 0 Å². The first kappa shape index (κ1) is 15.5. The van der Waals surface area contributed by atoms with Crippen LogP contribution in [0.5, 0.6) is 0 Å². The van der Waals surface area contributed by atoms with Crippen LogP contribution in [-0.4, -0.2) is 41.8 Å². The number of carbonyl (C=O) groups is 1. The second kappa shape index (κ2) is 6.00. The number of benzene rings is 1. The Hall–Kier alpha value is -2.41. The molecule has 2 heterocycles. The van der Waals surface area contributed by atoms with E-state index in [0.29, 0.717) is 30.8 Å². The zero-order chi connectivity index (χ0) is 16.6. The number of aromatic nitrogens is 1. The van der Waals surface area contributed by atoms with Crippen molar-refractivity contribution < 1.29 is 14.3 Å². The SMILES string of the molecule is CCn1c(C(=O)O)cc(=O)c2cc(F)c(N3CCNCC3)cc21. The number of piperazine rings is 1. The lowest BCUT2D eigenvalue weighted by Gasteiger charge is -2.30. The van der Waals surface area contributed by atoms with Crippen molar-refractivity contribution in [2.45, 2.75) is 13.5 Å². The fourth-order valence-electron chi connectivity index (χ4n) is 3.05. The second-order valence-electron chi connectivity index (χ2n) is 5.50. The molecule has 23 heavy (non-hydrogen) atoms. The summed E-state index contributed by atoms with van der Waals surface area (Å²) in [6, 6.07) is 3.86. The Morgan fingerprint density at radius 3 is 2.61 bits per heavy atom. The maximum Gasteiger partial charge on any atom is 0.352 e. The number of aromatic carboxylic acids is 1. The number of hydrogen-bond donors (Lipinski definition) is 2. The highest BCUT2D eigenvalue weighted by Gasteiger charge is 2.19. The molecule has 2 N–H and O–H groups in total. The van der Waals surface area contributed by atoms with E-state index in [-0.39, 0.29) is 11.1 Å². The molecule has 1 saturated heterocycles. The lowest BCUT2D eigenvalue weighted by molar-refractivity contribution is 0.0685. The van der Waals surface area contributed by atoms with E-state index in [1.165, 1.54) is 10.6 Å². The molecular formula is C16H18FN3O3. The van der Waals surface area contributed by atoms with Gasteiger partial charge in [-0.25, -0.2) is 9.18 Å². The maximum absolute atomic E-state index is 14.5. The summed E-state index contributed by atoms with van der Waals surface area (Å²) < 4.78 is 16.0. The van der Waals surface area contributed by atoms with Crippen molar-refractivity contribution >= 4 is 22.6 Å². The smallest absolute Gasteiger partial charge is 0.352 e. The first-order valence-corrected chi connectivity index (χ1v) is 7.59. The van der Waals surface area contributed by atoms with Gasteiger partial charge in [0.25, 0.3) is 0 Å². The minimum absolute atomic E-state index is 0.0807. The van der Waals surface area contributed by atoms with E-state index in [9.17, 15) is 19.1 Å². The van der Waals surface area contributed by atoms with E-state index < -0.39 is 17.2 Å². The number of rotatable bonds is 3. The van der Waals surface area contributed by atoms with Crippen molar-refractivity contribution in [1.29, 1.82) is 0 Å². The summed E-state index contributed by atoms with van der Waals surface area (Å²) >= 11 is 0. The van der Waals surface area contributed by atoms with Crippen LogP contribution in [0.15, 0.2) is 23.0 Å².